The number of aliphatic hydroxyl groups excluding tert-OH is 1. The molecule has 0 saturated carbocycles. The zero-order valence-electron chi connectivity index (χ0n) is 23.1. The van der Waals surface area contributed by atoms with E-state index < -0.39 is 20.0 Å². The first-order chi connectivity index (χ1) is 16.8. The van der Waals surface area contributed by atoms with E-state index in [4.69, 9.17) is 9.16 Å². The molecule has 0 aliphatic heterocycles. The van der Waals surface area contributed by atoms with Crippen LogP contribution in [-0.4, -0.2) is 37.9 Å². The Labute approximate surface area is 218 Å². The molecule has 198 valence electrons. The van der Waals surface area contributed by atoms with Crippen LogP contribution in [0.15, 0.2) is 54.6 Å². The van der Waals surface area contributed by atoms with Crippen LogP contribution in [0.4, 0.5) is 0 Å². The summed E-state index contributed by atoms with van der Waals surface area (Å²) in [6.45, 7) is 15.2. The van der Waals surface area contributed by atoms with E-state index >= 15 is 0 Å². The molecule has 2 atom stereocenters. The van der Waals surface area contributed by atoms with Crippen molar-refractivity contribution in [2.24, 2.45) is 0 Å². The van der Waals surface area contributed by atoms with Gasteiger partial charge in [-0.15, -0.1) is 0 Å². The minimum atomic E-state index is -2.19. The van der Waals surface area contributed by atoms with Crippen LogP contribution in [0.5, 0.6) is 0 Å². The Morgan fingerprint density at radius 1 is 0.972 bits per heavy atom. The Bertz CT molecular complexity index is 979. The number of carbonyl (C=O) groups is 2. The van der Waals surface area contributed by atoms with Crippen molar-refractivity contribution in [2.75, 3.05) is 6.61 Å². The third kappa shape index (κ3) is 8.12. The summed E-state index contributed by atoms with van der Waals surface area (Å²) in [6, 6.07) is 17.2. The summed E-state index contributed by atoms with van der Waals surface area (Å²) >= 11 is 0. The van der Waals surface area contributed by atoms with Crippen molar-refractivity contribution >= 4 is 20.1 Å². The van der Waals surface area contributed by atoms with Crippen LogP contribution in [0.1, 0.15) is 81.8 Å². The number of ketones is 1. The summed E-state index contributed by atoms with van der Waals surface area (Å²) in [5, 5.41) is 10.4. The number of carbonyl (C=O) groups excluding carboxylic acids is 2. The Morgan fingerprint density at radius 2 is 1.58 bits per heavy atom. The van der Waals surface area contributed by atoms with Gasteiger partial charge in [0.05, 0.1) is 24.7 Å². The number of aryl methyl sites for hydroxylation is 1. The predicted molar refractivity (Wildman–Crippen MR) is 148 cm³/mol. The number of aliphatic hydroxyl groups is 1. The zero-order valence-corrected chi connectivity index (χ0v) is 24.1. The molecular weight excluding hydrogens is 468 g/mol. The van der Waals surface area contributed by atoms with Crippen LogP contribution < -0.4 is 0 Å². The van der Waals surface area contributed by atoms with E-state index in [9.17, 15) is 14.7 Å². The molecule has 5 nitrogen and oxygen atoms in total. The summed E-state index contributed by atoms with van der Waals surface area (Å²) in [5.41, 5.74) is 1.90. The van der Waals surface area contributed by atoms with Crippen LogP contribution >= 0.6 is 0 Å². The molecule has 0 bridgehead atoms. The van der Waals surface area contributed by atoms with Gasteiger partial charge in [0.1, 0.15) is 0 Å². The third-order valence-corrected chi connectivity index (χ3v) is 11.8. The fraction of sp³-hybridized carbons (Fsp3) is 0.533. The average Bonchev–Trinajstić information content (AvgIpc) is 2.82. The lowest BCUT2D eigenvalue weighted by Gasteiger charge is -2.45. The molecule has 0 aliphatic rings. The van der Waals surface area contributed by atoms with Crippen molar-refractivity contribution in [2.45, 2.75) is 96.6 Å². The van der Waals surface area contributed by atoms with Gasteiger partial charge in [-0.1, -0.05) is 82.3 Å². The number of hydrogen-bond acceptors (Lipinski definition) is 5. The second-order valence-corrected chi connectivity index (χ2v) is 15.8. The van der Waals surface area contributed by atoms with Crippen molar-refractivity contribution < 1.29 is 23.9 Å². The molecule has 0 spiro atoms. The van der Waals surface area contributed by atoms with Gasteiger partial charge in [0.15, 0.2) is 14.1 Å². The second kappa shape index (κ2) is 12.8. The molecule has 36 heavy (non-hydrogen) atoms. The van der Waals surface area contributed by atoms with Gasteiger partial charge in [-0.25, -0.2) is 0 Å². The van der Waals surface area contributed by atoms with Gasteiger partial charge in [0, 0.05) is 12.0 Å². The van der Waals surface area contributed by atoms with Crippen LogP contribution in [0, 0.1) is 0 Å². The number of esters is 1. The summed E-state index contributed by atoms with van der Waals surface area (Å²) in [5.74, 6) is -0.304. The highest BCUT2D eigenvalue weighted by Gasteiger charge is 2.46. The molecular formula is C30H44O5Si. The molecule has 6 heteroatoms. The smallest absolute Gasteiger partial charge is 0.309 e. The standard InChI is InChI=1S/C30H44O5Si/c1-8-30(22-28(33)34-9-2,35-36(6,7)29(3,4)5)25-18-15-23(16-19-25)17-20-26(31)21-27(32)24-13-11-10-12-14-24/h10-16,18-19,26,31H,8-9,17,20-22H2,1-7H3. The van der Waals surface area contributed by atoms with Crippen LogP contribution in [-0.2, 0) is 26.0 Å². The normalized spacial score (nSPS) is 14.7. The first-order valence-corrected chi connectivity index (χ1v) is 16.0. The Hall–Kier alpha value is -2.28. The summed E-state index contributed by atoms with van der Waals surface area (Å²) < 4.78 is 12.2. The number of benzene rings is 2. The minimum Gasteiger partial charge on any atom is -0.466 e. The van der Waals surface area contributed by atoms with Crippen molar-refractivity contribution in [3.05, 3.63) is 71.3 Å². The summed E-state index contributed by atoms with van der Waals surface area (Å²) in [4.78, 5) is 25.0. The number of ether oxygens (including phenoxy) is 1. The summed E-state index contributed by atoms with van der Waals surface area (Å²) in [6.07, 6.45) is 1.39. The number of Topliss-reactive ketones (excluding diaryl/α,β-unsaturated/α-hetero) is 1. The molecule has 2 rings (SSSR count). The first kappa shape index (κ1) is 29.9. The lowest BCUT2D eigenvalue weighted by Crippen LogP contribution is -2.49. The Balaban J connectivity index is 2.16. The fourth-order valence-electron chi connectivity index (χ4n) is 4.05. The molecule has 2 aromatic carbocycles. The maximum atomic E-state index is 12.6. The molecule has 0 aliphatic carbocycles. The highest BCUT2D eigenvalue weighted by Crippen LogP contribution is 2.44. The summed E-state index contributed by atoms with van der Waals surface area (Å²) in [7, 11) is -2.19. The van der Waals surface area contributed by atoms with Crippen molar-refractivity contribution in [3.63, 3.8) is 0 Å². The largest absolute Gasteiger partial charge is 0.466 e. The van der Waals surface area contributed by atoms with Gasteiger partial charge in [0.25, 0.3) is 0 Å². The van der Waals surface area contributed by atoms with E-state index in [2.05, 4.69) is 40.8 Å². The second-order valence-electron chi connectivity index (χ2n) is 11.1. The lowest BCUT2D eigenvalue weighted by atomic mass is 9.87. The maximum Gasteiger partial charge on any atom is 0.309 e. The van der Waals surface area contributed by atoms with Gasteiger partial charge >= 0.3 is 5.97 Å². The molecule has 0 fully saturated rings. The van der Waals surface area contributed by atoms with Gasteiger partial charge < -0.3 is 14.3 Å². The first-order valence-electron chi connectivity index (χ1n) is 13.0. The van der Waals surface area contributed by atoms with Crippen molar-refractivity contribution in [3.8, 4) is 0 Å². The van der Waals surface area contributed by atoms with E-state index in [1.54, 1.807) is 12.1 Å². The molecule has 0 amide bonds. The fourth-order valence-corrected chi connectivity index (χ4v) is 5.67. The number of hydrogen-bond donors (Lipinski definition) is 1. The molecule has 0 radical (unpaired) electrons. The highest BCUT2D eigenvalue weighted by atomic mass is 28.4. The van der Waals surface area contributed by atoms with Crippen molar-refractivity contribution in [1.82, 2.24) is 0 Å². The molecule has 2 aromatic rings. The van der Waals surface area contributed by atoms with E-state index in [-0.39, 0.29) is 29.6 Å². The quantitative estimate of drug-likeness (QED) is 0.181. The van der Waals surface area contributed by atoms with E-state index in [0.29, 0.717) is 31.4 Å². The number of rotatable bonds is 13. The SMILES string of the molecule is CCOC(=O)CC(CC)(O[Si](C)(C)C(C)(C)C)c1ccc(CCC(O)CC(=O)c2ccccc2)cc1. The topological polar surface area (TPSA) is 72.8 Å². The maximum absolute atomic E-state index is 12.6. The van der Waals surface area contributed by atoms with Gasteiger partial charge in [0.2, 0.25) is 0 Å². The molecule has 2 unspecified atom stereocenters. The monoisotopic (exact) mass is 512 g/mol. The highest BCUT2D eigenvalue weighted by molar-refractivity contribution is 6.74. The molecule has 0 heterocycles. The Kier molecular flexibility index (Phi) is 10.6. The minimum absolute atomic E-state index is 0.00462. The van der Waals surface area contributed by atoms with E-state index in [1.165, 1.54) is 0 Å². The van der Waals surface area contributed by atoms with Gasteiger partial charge in [-0.2, -0.15) is 0 Å². The predicted octanol–water partition coefficient (Wildman–Crippen LogP) is 6.83. The van der Waals surface area contributed by atoms with Crippen molar-refractivity contribution in [1.29, 1.82) is 0 Å². The third-order valence-electron chi connectivity index (χ3n) is 7.33. The van der Waals surface area contributed by atoms with Crippen LogP contribution in [0.2, 0.25) is 18.1 Å². The van der Waals surface area contributed by atoms with Gasteiger partial charge in [-0.3, -0.25) is 9.59 Å². The van der Waals surface area contributed by atoms with Crippen LogP contribution in [0.25, 0.3) is 0 Å². The zero-order chi connectivity index (χ0) is 27.0. The lowest BCUT2D eigenvalue weighted by molar-refractivity contribution is -0.148. The van der Waals surface area contributed by atoms with E-state index in [0.717, 1.165) is 11.1 Å². The van der Waals surface area contributed by atoms with Crippen LogP contribution in [0.3, 0.4) is 0 Å². The van der Waals surface area contributed by atoms with Gasteiger partial charge in [-0.05, 0) is 55.4 Å². The van der Waals surface area contributed by atoms with E-state index in [1.807, 2.05) is 49.4 Å². The molecule has 1 N–H and O–H groups in total. The molecule has 0 aromatic heterocycles. The average molecular weight is 513 g/mol. The Morgan fingerprint density at radius 3 is 2.11 bits per heavy atom. The molecule has 0 saturated heterocycles.